The van der Waals surface area contributed by atoms with Crippen molar-refractivity contribution in [1.82, 2.24) is 4.98 Å². The van der Waals surface area contributed by atoms with Crippen LogP contribution in [-0.2, 0) is 5.41 Å². The quantitative estimate of drug-likeness (QED) is 0.243. The van der Waals surface area contributed by atoms with Crippen LogP contribution in [0.1, 0.15) is 25.0 Å². The molecule has 2 aliphatic heterocycles. The zero-order valence-electron chi connectivity index (χ0n) is 22.1. The molecule has 1 aromatic heterocycles. The van der Waals surface area contributed by atoms with Crippen LogP contribution in [0.4, 0.5) is 17.1 Å². The van der Waals surface area contributed by atoms with Crippen molar-refractivity contribution in [3.63, 3.8) is 0 Å². The van der Waals surface area contributed by atoms with E-state index >= 15 is 0 Å². The number of rotatable bonds is 2. The third-order valence-corrected chi connectivity index (χ3v) is 8.71. The van der Waals surface area contributed by atoms with Crippen molar-refractivity contribution in [3.05, 3.63) is 139 Å². The molecular formula is C36H27BN2. The summed E-state index contributed by atoms with van der Waals surface area (Å²) in [7, 11) is 0. The van der Waals surface area contributed by atoms with Crippen molar-refractivity contribution in [2.45, 2.75) is 19.3 Å². The molecule has 5 aromatic carbocycles. The molecule has 0 fully saturated rings. The Morgan fingerprint density at radius 2 is 1.23 bits per heavy atom. The van der Waals surface area contributed by atoms with E-state index in [4.69, 9.17) is 4.98 Å². The fourth-order valence-corrected chi connectivity index (χ4v) is 6.82. The van der Waals surface area contributed by atoms with Gasteiger partial charge in [0.2, 0.25) is 6.71 Å². The number of benzene rings is 5. The Balaban J connectivity index is 1.27. The number of hydrogen-bond acceptors (Lipinski definition) is 2. The highest BCUT2D eigenvalue weighted by Gasteiger charge is 2.37. The minimum Gasteiger partial charge on any atom is -0.310 e. The minimum atomic E-state index is -0.0589. The van der Waals surface area contributed by atoms with Gasteiger partial charge in [-0.3, -0.25) is 0 Å². The van der Waals surface area contributed by atoms with E-state index in [9.17, 15) is 0 Å². The maximum Gasteiger partial charge on any atom is 0.244 e. The predicted molar refractivity (Wildman–Crippen MR) is 165 cm³/mol. The Hall–Kier alpha value is -4.63. The molecule has 0 spiro atoms. The molecule has 2 nitrogen and oxygen atoms in total. The lowest BCUT2D eigenvalue weighted by Gasteiger charge is -2.42. The highest BCUT2D eigenvalue weighted by Crippen LogP contribution is 2.51. The first-order chi connectivity index (χ1) is 19.1. The van der Waals surface area contributed by atoms with E-state index in [0.717, 1.165) is 11.2 Å². The Morgan fingerprint density at radius 1 is 0.615 bits per heavy atom. The van der Waals surface area contributed by atoms with Crippen molar-refractivity contribution >= 4 is 51.1 Å². The average Bonchev–Trinajstić information content (AvgIpc) is 3.30. The lowest BCUT2D eigenvalue weighted by Crippen LogP contribution is -2.48. The third kappa shape index (κ3) is 3.20. The van der Waals surface area contributed by atoms with Gasteiger partial charge in [-0.15, -0.1) is 0 Å². The van der Waals surface area contributed by atoms with Crippen molar-refractivity contribution < 1.29 is 0 Å². The molecule has 0 atom stereocenters. The van der Waals surface area contributed by atoms with Gasteiger partial charge < -0.3 is 4.90 Å². The van der Waals surface area contributed by atoms with Gasteiger partial charge in [0.25, 0.3) is 0 Å². The van der Waals surface area contributed by atoms with Gasteiger partial charge in [-0.1, -0.05) is 122 Å². The first-order valence-corrected chi connectivity index (χ1v) is 13.7. The van der Waals surface area contributed by atoms with Crippen LogP contribution in [0.2, 0.25) is 0 Å². The molecule has 39 heavy (non-hydrogen) atoms. The third-order valence-electron chi connectivity index (χ3n) is 8.71. The van der Waals surface area contributed by atoms with Gasteiger partial charge in [-0.05, 0) is 57.9 Å². The van der Waals surface area contributed by atoms with E-state index in [1.807, 2.05) is 0 Å². The van der Waals surface area contributed by atoms with E-state index in [0.29, 0.717) is 0 Å². The van der Waals surface area contributed by atoms with E-state index < -0.39 is 0 Å². The van der Waals surface area contributed by atoms with Gasteiger partial charge in [0.1, 0.15) is 0 Å². The lowest BCUT2D eigenvalue weighted by atomic mass is 9.39. The van der Waals surface area contributed by atoms with Crippen LogP contribution in [0.25, 0.3) is 22.2 Å². The number of hydrogen-bond donors (Lipinski definition) is 0. The summed E-state index contributed by atoms with van der Waals surface area (Å²) in [6.07, 6.45) is 0. The van der Waals surface area contributed by atoms with E-state index in [1.54, 1.807) is 0 Å². The normalized spacial score (nSPS) is 14.5. The molecule has 0 aliphatic carbocycles. The van der Waals surface area contributed by atoms with Gasteiger partial charge in [0.05, 0.1) is 22.6 Å². The summed E-state index contributed by atoms with van der Waals surface area (Å²) in [6, 6.07) is 46.4. The van der Waals surface area contributed by atoms with Gasteiger partial charge in [-0.2, -0.15) is 0 Å². The maximum absolute atomic E-state index is 5.12. The van der Waals surface area contributed by atoms with Crippen molar-refractivity contribution in [2.24, 2.45) is 0 Å². The van der Waals surface area contributed by atoms with E-state index in [1.165, 1.54) is 55.5 Å². The second-order valence-corrected chi connectivity index (χ2v) is 11.2. The summed E-state index contributed by atoms with van der Waals surface area (Å²) in [6.45, 7) is 4.83. The lowest BCUT2D eigenvalue weighted by molar-refractivity contribution is 0.632. The molecule has 0 amide bonds. The van der Waals surface area contributed by atoms with Crippen molar-refractivity contribution in [1.29, 1.82) is 0 Å². The topological polar surface area (TPSA) is 16.1 Å². The van der Waals surface area contributed by atoms with Crippen molar-refractivity contribution in [3.8, 4) is 11.3 Å². The zero-order valence-corrected chi connectivity index (χ0v) is 22.1. The van der Waals surface area contributed by atoms with Gasteiger partial charge in [0.15, 0.2) is 0 Å². The van der Waals surface area contributed by atoms with E-state index in [-0.39, 0.29) is 12.1 Å². The summed E-state index contributed by atoms with van der Waals surface area (Å²) in [5.74, 6) is 0. The molecule has 184 valence electrons. The first-order valence-electron chi connectivity index (χ1n) is 13.7. The van der Waals surface area contributed by atoms with Crippen molar-refractivity contribution in [2.75, 3.05) is 4.90 Å². The van der Waals surface area contributed by atoms with Crippen LogP contribution >= 0.6 is 0 Å². The number of pyridine rings is 1. The molecule has 2 aliphatic rings. The summed E-state index contributed by atoms with van der Waals surface area (Å²) in [5, 5.41) is 1.19. The zero-order chi connectivity index (χ0) is 26.1. The average molecular weight is 498 g/mol. The van der Waals surface area contributed by atoms with Crippen LogP contribution in [0, 0.1) is 0 Å². The highest BCUT2D eigenvalue weighted by atomic mass is 15.2. The fourth-order valence-electron chi connectivity index (χ4n) is 6.82. The highest BCUT2D eigenvalue weighted by molar-refractivity contribution is 6.99. The molecule has 0 N–H and O–H groups in total. The van der Waals surface area contributed by atoms with Crippen LogP contribution in [-0.4, -0.2) is 11.7 Å². The maximum atomic E-state index is 5.12. The second-order valence-electron chi connectivity index (χ2n) is 11.2. The minimum absolute atomic E-state index is 0.0589. The molecule has 3 heteroatoms. The Bertz CT molecular complexity index is 1860. The van der Waals surface area contributed by atoms with E-state index in [2.05, 4.69) is 146 Å². The van der Waals surface area contributed by atoms with Gasteiger partial charge in [0, 0.05) is 11.1 Å². The summed E-state index contributed by atoms with van der Waals surface area (Å²) < 4.78 is 0. The molecule has 0 bridgehead atoms. The van der Waals surface area contributed by atoms with Gasteiger partial charge >= 0.3 is 0 Å². The largest absolute Gasteiger partial charge is 0.310 e. The first kappa shape index (κ1) is 22.4. The fraction of sp³-hybridized carbons (Fsp3) is 0.0833. The molecule has 3 heterocycles. The standard InChI is InChI=1S/C36H27BN2/c1-36(2)28-13-5-9-17-33(28)39(34-18-10-6-14-29(34)36)26-21-19-25(20-22-26)37-30-15-7-4-12-27(30)35-31(37)23-24-11-3-8-16-32(24)38-35/h3-23H,1-2H3. The van der Waals surface area contributed by atoms with Crippen LogP contribution in [0.3, 0.4) is 0 Å². The Kier molecular flexibility index (Phi) is 4.69. The van der Waals surface area contributed by atoms with Crippen LogP contribution < -0.4 is 21.3 Å². The molecule has 0 saturated heterocycles. The number of para-hydroxylation sites is 3. The second kappa shape index (κ2) is 8.18. The smallest absolute Gasteiger partial charge is 0.244 e. The summed E-state index contributed by atoms with van der Waals surface area (Å²) >= 11 is 0. The number of aromatic nitrogens is 1. The number of anilines is 3. The monoisotopic (exact) mass is 498 g/mol. The molecule has 8 rings (SSSR count). The molecule has 0 saturated carbocycles. The van der Waals surface area contributed by atoms with Crippen LogP contribution in [0.15, 0.2) is 127 Å². The SMILES string of the molecule is CC1(C)c2ccccc2N(c2ccc(B3c4ccccc4-c4nc5ccccc5cc43)cc2)c2ccccc21. The number of nitrogens with zero attached hydrogens (tertiary/aromatic N) is 2. The Morgan fingerprint density at radius 3 is 1.97 bits per heavy atom. The van der Waals surface area contributed by atoms with Gasteiger partial charge in [-0.25, -0.2) is 4.98 Å². The summed E-state index contributed by atoms with van der Waals surface area (Å²) in [5.41, 5.74) is 13.6. The molecular weight excluding hydrogens is 471 g/mol. The predicted octanol–water partition coefficient (Wildman–Crippen LogP) is 6.84. The Labute approximate surface area is 229 Å². The van der Waals surface area contributed by atoms with Crippen LogP contribution in [0.5, 0.6) is 0 Å². The molecule has 0 unspecified atom stereocenters. The molecule has 0 radical (unpaired) electrons. The molecule has 6 aromatic rings. The summed E-state index contributed by atoms with van der Waals surface area (Å²) in [4.78, 5) is 7.54. The number of fused-ring (bicyclic) bond motifs is 6.